The number of halogens is 2. The molecule has 1 N–H and O–H groups in total. The molecule has 2 aliphatic heterocycles. The SMILES string of the molecule is Cl.O=C1c2ccccc2C(=O)N1CCN1CCC(O)(c2ccc(Cl)cc2)CC1. The van der Waals surface area contributed by atoms with E-state index in [-0.39, 0.29) is 24.2 Å². The number of amides is 2. The van der Waals surface area contributed by atoms with Crippen molar-refractivity contribution in [2.45, 2.75) is 18.4 Å². The smallest absolute Gasteiger partial charge is 0.261 e. The Labute approximate surface area is 175 Å². The third-order valence-corrected chi connectivity index (χ3v) is 5.83. The second kappa shape index (κ2) is 8.21. The largest absolute Gasteiger partial charge is 0.385 e. The molecular weight excluding hydrogens is 399 g/mol. The van der Waals surface area contributed by atoms with Gasteiger partial charge < -0.3 is 10.0 Å². The van der Waals surface area contributed by atoms with Crippen molar-refractivity contribution >= 4 is 35.8 Å². The number of nitrogens with zero attached hydrogens (tertiary/aromatic N) is 2. The van der Waals surface area contributed by atoms with Crippen LogP contribution < -0.4 is 0 Å². The zero-order valence-corrected chi connectivity index (χ0v) is 16.9. The van der Waals surface area contributed by atoms with Crippen LogP contribution >= 0.6 is 24.0 Å². The van der Waals surface area contributed by atoms with Crippen molar-refractivity contribution < 1.29 is 14.7 Å². The maximum absolute atomic E-state index is 12.4. The molecule has 0 aromatic heterocycles. The third kappa shape index (κ3) is 3.80. The van der Waals surface area contributed by atoms with Crippen LogP contribution in [0.2, 0.25) is 5.02 Å². The zero-order valence-electron chi connectivity index (χ0n) is 15.3. The lowest BCUT2D eigenvalue weighted by atomic mass is 9.84. The maximum Gasteiger partial charge on any atom is 0.261 e. The Morgan fingerprint density at radius 1 is 0.893 bits per heavy atom. The summed E-state index contributed by atoms with van der Waals surface area (Å²) in [5.74, 6) is -0.435. The van der Waals surface area contributed by atoms with Gasteiger partial charge in [0.15, 0.2) is 0 Å². The van der Waals surface area contributed by atoms with Gasteiger partial charge in [0, 0.05) is 31.2 Å². The number of piperidine rings is 1. The van der Waals surface area contributed by atoms with Gasteiger partial charge in [0.2, 0.25) is 0 Å². The Bertz CT molecular complexity index is 842. The highest BCUT2D eigenvalue weighted by Crippen LogP contribution is 2.33. The van der Waals surface area contributed by atoms with E-state index in [1.54, 1.807) is 36.4 Å². The van der Waals surface area contributed by atoms with E-state index in [1.165, 1.54) is 4.90 Å². The molecule has 148 valence electrons. The molecule has 0 aliphatic carbocycles. The molecule has 1 saturated heterocycles. The molecule has 0 spiro atoms. The van der Waals surface area contributed by atoms with Gasteiger partial charge in [0.05, 0.1) is 16.7 Å². The quantitative estimate of drug-likeness (QED) is 0.770. The number of imide groups is 1. The van der Waals surface area contributed by atoms with Crippen molar-refractivity contribution in [1.29, 1.82) is 0 Å². The monoisotopic (exact) mass is 420 g/mol. The predicted molar refractivity (Wildman–Crippen MR) is 110 cm³/mol. The lowest BCUT2D eigenvalue weighted by Gasteiger charge is -2.39. The zero-order chi connectivity index (χ0) is 19.0. The van der Waals surface area contributed by atoms with Crippen molar-refractivity contribution in [1.82, 2.24) is 9.80 Å². The molecule has 0 radical (unpaired) electrons. The highest BCUT2D eigenvalue weighted by Gasteiger charge is 2.37. The molecule has 4 rings (SSSR count). The summed E-state index contributed by atoms with van der Waals surface area (Å²) in [6.07, 6.45) is 1.22. The van der Waals surface area contributed by atoms with E-state index < -0.39 is 5.60 Å². The number of rotatable bonds is 4. The standard InChI is InChI=1S/C21H21ClN2O3.ClH/c22-16-7-5-15(6-8-16)21(27)9-11-23(12-10-21)13-14-24-19(25)17-3-1-2-4-18(17)20(24)26;/h1-8,27H,9-14H2;1H. The molecule has 2 heterocycles. The minimum absolute atomic E-state index is 0. The van der Waals surface area contributed by atoms with Crippen molar-refractivity contribution in [3.8, 4) is 0 Å². The minimum atomic E-state index is -0.851. The Morgan fingerprint density at radius 2 is 1.43 bits per heavy atom. The fourth-order valence-electron chi connectivity index (χ4n) is 3.88. The number of benzene rings is 2. The van der Waals surface area contributed by atoms with Gasteiger partial charge >= 0.3 is 0 Å². The van der Waals surface area contributed by atoms with Crippen LogP contribution in [0, 0.1) is 0 Å². The molecule has 2 aromatic rings. The molecule has 0 bridgehead atoms. The number of hydrogen-bond acceptors (Lipinski definition) is 4. The van der Waals surface area contributed by atoms with E-state index >= 15 is 0 Å². The number of fused-ring (bicyclic) bond motifs is 1. The lowest BCUT2D eigenvalue weighted by molar-refractivity contribution is -0.0267. The van der Waals surface area contributed by atoms with Gasteiger partial charge in [-0.1, -0.05) is 35.9 Å². The maximum atomic E-state index is 12.4. The summed E-state index contributed by atoms with van der Waals surface area (Å²) in [5.41, 5.74) is 1.000. The summed E-state index contributed by atoms with van der Waals surface area (Å²) < 4.78 is 0. The van der Waals surface area contributed by atoms with Crippen LogP contribution in [-0.4, -0.2) is 52.9 Å². The molecule has 7 heteroatoms. The first kappa shape index (κ1) is 20.8. The average Bonchev–Trinajstić information content (AvgIpc) is 2.93. The highest BCUT2D eigenvalue weighted by molar-refractivity contribution is 6.30. The number of carbonyl (C=O) groups excluding carboxylic acids is 2. The average molecular weight is 421 g/mol. The Hall–Kier alpha value is -1.92. The first-order valence-electron chi connectivity index (χ1n) is 9.14. The fourth-order valence-corrected chi connectivity index (χ4v) is 4.00. The van der Waals surface area contributed by atoms with Crippen LogP contribution in [-0.2, 0) is 5.60 Å². The summed E-state index contributed by atoms with van der Waals surface area (Å²) in [5, 5.41) is 11.6. The van der Waals surface area contributed by atoms with E-state index in [9.17, 15) is 14.7 Å². The van der Waals surface area contributed by atoms with E-state index in [0.717, 1.165) is 5.56 Å². The van der Waals surface area contributed by atoms with Crippen molar-refractivity contribution in [2.24, 2.45) is 0 Å². The number of carbonyl (C=O) groups is 2. The van der Waals surface area contributed by atoms with Crippen LogP contribution in [0.1, 0.15) is 39.1 Å². The van der Waals surface area contributed by atoms with Crippen molar-refractivity contribution in [3.63, 3.8) is 0 Å². The normalized spacial score (nSPS) is 18.7. The summed E-state index contributed by atoms with van der Waals surface area (Å²) in [6.45, 7) is 2.40. The molecule has 5 nitrogen and oxygen atoms in total. The Morgan fingerprint density at radius 3 is 1.96 bits per heavy atom. The first-order valence-corrected chi connectivity index (χ1v) is 9.52. The van der Waals surface area contributed by atoms with Gasteiger partial charge in [-0.05, 0) is 42.7 Å². The summed E-state index contributed by atoms with van der Waals surface area (Å²) >= 11 is 5.93. The van der Waals surface area contributed by atoms with E-state index in [1.807, 2.05) is 12.1 Å². The fraction of sp³-hybridized carbons (Fsp3) is 0.333. The van der Waals surface area contributed by atoms with Gasteiger partial charge in [-0.3, -0.25) is 14.5 Å². The lowest BCUT2D eigenvalue weighted by Crippen LogP contribution is -2.46. The van der Waals surface area contributed by atoms with Gasteiger partial charge in [-0.25, -0.2) is 0 Å². The van der Waals surface area contributed by atoms with Gasteiger partial charge in [-0.2, -0.15) is 0 Å². The Kier molecular flexibility index (Phi) is 6.10. The summed E-state index contributed by atoms with van der Waals surface area (Å²) in [6, 6.07) is 14.3. The van der Waals surface area contributed by atoms with Gasteiger partial charge in [0.25, 0.3) is 11.8 Å². The number of likely N-dealkylation sites (tertiary alicyclic amines) is 1. The molecule has 2 aliphatic rings. The predicted octanol–water partition coefficient (Wildman–Crippen LogP) is 3.34. The second-order valence-corrected chi connectivity index (χ2v) is 7.62. The van der Waals surface area contributed by atoms with E-state index in [0.29, 0.717) is 55.2 Å². The molecule has 0 unspecified atom stereocenters. The molecule has 1 fully saturated rings. The summed E-state index contributed by atoms with van der Waals surface area (Å²) in [4.78, 5) is 28.4. The van der Waals surface area contributed by atoms with Crippen LogP contribution in [0.4, 0.5) is 0 Å². The molecule has 0 atom stereocenters. The molecular formula is C21H22Cl2N2O3. The van der Waals surface area contributed by atoms with Crippen LogP contribution in [0.15, 0.2) is 48.5 Å². The topological polar surface area (TPSA) is 60.9 Å². The Balaban J connectivity index is 0.00000225. The number of hydrogen-bond donors (Lipinski definition) is 1. The molecule has 0 saturated carbocycles. The van der Waals surface area contributed by atoms with Crippen LogP contribution in [0.25, 0.3) is 0 Å². The van der Waals surface area contributed by atoms with E-state index in [4.69, 9.17) is 11.6 Å². The summed E-state index contributed by atoms with van der Waals surface area (Å²) in [7, 11) is 0. The van der Waals surface area contributed by atoms with E-state index in [2.05, 4.69) is 4.90 Å². The highest BCUT2D eigenvalue weighted by atomic mass is 35.5. The second-order valence-electron chi connectivity index (χ2n) is 7.19. The van der Waals surface area contributed by atoms with Gasteiger partial charge in [-0.15, -0.1) is 12.4 Å². The molecule has 2 amide bonds. The van der Waals surface area contributed by atoms with Crippen molar-refractivity contribution in [3.05, 3.63) is 70.2 Å². The third-order valence-electron chi connectivity index (χ3n) is 5.58. The van der Waals surface area contributed by atoms with Crippen LogP contribution in [0.5, 0.6) is 0 Å². The molecule has 28 heavy (non-hydrogen) atoms. The first-order chi connectivity index (χ1) is 13.0. The van der Waals surface area contributed by atoms with Crippen molar-refractivity contribution in [2.75, 3.05) is 26.2 Å². The number of aliphatic hydroxyl groups is 1. The molecule has 2 aromatic carbocycles. The van der Waals surface area contributed by atoms with Gasteiger partial charge in [0.1, 0.15) is 0 Å². The minimum Gasteiger partial charge on any atom is -0.385 e. The van der Waals surface area contributed by atoms with Crippen LogP contribution in [0.3, 0.4) is 0 Å².